The van der Waals surface area contributed by atoms with Crippen molar-refractivity contribution in [1.82, 2.24) is 5.32 Å². The summed E-state index contributed by atoms with van der Waals surface area (Å²) in [5, 5.41) is 3.75. The molecule has 2 aromatic carbocycles. The van der Waals surface area contributed by atoms with Crippen LogP contribution >= 0.6 is 0 Å². The van der Waals surface area contributed by atoms with Gasteiger partial charge in [-0.05, 0) is 29.9 Å². The van der Waals surface area contributed by atoms with E-state index in [1.165, 1.54) is 30.4 Å². The average molecular weight is 251 g/mol. The lowest BCUT2D eigenvalue weighted by atomic mass is 9.94. The molecule has 0 radical (unpaired) electrons. The summed E-state index contributed by atoms with van der Waals surface area (Å²) in [6.07, 6.45) is 3.83. The first-order valence-electron chi connectivity index (χ1n) is 7.27. The van der Waals surface area contributed by atoms with Crippen LogP contribution in [0.15, 0.2) is 60.7 Å². The van der Waals surface area contributed by atoms with E-state index in [0.717, 1.165) is 6.54 Å². The fourth-order valence-corrected chi connectivity index (χ4v) is 3.04. The molecule has 1 fully saturated rings. The molecule has 3 rings (SSSR count). The van der Waals surface area contributed by atoms with Crippen LogP contribution in [-0.4, -0.2) is 6.54 Å². The Balaban J connectivity index is 1.69. The highest BCUT2D eigenvalue weighted by Gasteiger charge is 2.20. The monoisotopic (exact) mass is 251 g/mol. The molecule has 19 heavy (non-hydrogen) atoms. The topological polar surface area (TPSA) is 12.0 Å². The van der Waals surface area contributed by atoms with E-state index in [1.54, 1.807) is 0 Å². The predicted octanol–water partition coefficient (Wildman–Crippen LogP) is 4.29. The summed E-state index contributed by atoms with van der Waals surface area (Å²) >= 11 is 0. The van der Waals surface area contributed by atoms with Crippen molar-refractivity contribution < 1.29 is 0 Å². The van der Waals surface area contributed by atoms with Gasteiger partial charge in [-0.15, -0.1) is 0 Å². The highest BCUT2D eigenvalue weighted by Crippen LogP contribution is 2.29. The van der Waals surface area contributed by atoms with Crippen molar-refractivity contribution in [2.24, 2.45) is 0 Å². The van der Waals surface area contributed by atoms with Crippen molar-refractivity contribution >= 4 is 0 Å². The van der Waals surface area contributed by atoms with Crippen LogP contribution in [0.2, 0.25) is 0 Å². The van der Waals surface area contributed by atoms with Crippen molar-refractivity contribution in [2.45, 2.75) is 31.2 Å². The Kier molecular flexibility index (Phi) is 3.95. The Morgan fingerprint density at radius 1 is 0.737 bits per heavy atom. The van der Waals surface area contributed by atoms with Gasteiger partial charge in [0.1, 0.15) is 0 Å². The van der Waals surface area contributed by atoms with Crippen LogP contribution < -0.4 is 5.32 Å². The second-order valence-corrected chi connectivity index (χ2v) is 5.41. The molecule has 1 N–H and O–H groups in total. The van der Waals surface area contributed by atoms with E-state index in [9.17, 15) is 0 Å². The minimum Gasteiger partial charge on any atom is -0.309 e. The Morgan fingerprint density at radius 3 is 2.05 bits per heavy atom. The maximum absolute atomic E-state index is 3.75. The molecule has 2 aromatic rings. The lowest BCUT2D eigenvalue weighted by molar-refractivity contribution is 0.526. The second kappa shape index (κ2) is 6.03. The minimum absolute atomic E-state index is 0.523. The molecule has 0 saturated carbocycles. The van der Waals surface area contributed by atoms with Crippen LogP contribution in [0.5, 0.6) is 0 Å². The zero-order valence-corrected chi connectivity index (χ0v) is 11.3. The van der Waals surface area contributed by atoms with Crippen LogP contribution in [0, 0.1) is 0 Å². The van der Waals surface area contributed by atoms with Crippen LogP contribution in [0.1, 0.15) is 42.3 Å². The third-order valence-corrected chi connectivity index (χ3v) is 4.13. The third kappa shape index (κ3) is 3.05. The van der Waals surface area contributed by atoms with E-state index in [-0.39, 0.29) is 0 Å². The van der Waals surface area contributed by atoms with Gasteiger partial charge >= 0.3 is 0 Å². The summed E-state index contributed by atoms with van der Waals surface area (Å²) in [7, 11) is 0. The molecule has 1 heterocycles. The zero-order chi connectivity index (χ0) is 12.9. The molecule has 1 saturated heterocycles. The van der Waals surface area contributed by atoms with Crippen molar-refractivity contribution in [2.75, 3.05) is 6.54 Å². The van der Waals surface area contributed by atoms with E-state index >= 15 is 0 Å². The molecule has 0 unspecified atom stereocenters. The molecule has 1 aliphatic heterocycles. The van der Waals surface area contributed by atoms with Gasteiger partial charge in [0.2, 0.25) is 0 Å². The molecule has 0 aromatic heterocycles. The first kappa shape index (κ1) is 12.4. The highest BCUT2D eigenvalue weighted by molar-refractivity contribution is 5.22. The van der Waals surface area contributed by atoms with E-state index in [1.807, 2.05) is 0 Å². The van der Waals surface area contributed by atoms with Crippen LogP contribution in [0.25, 0.3) is 0 Å². The first-order valence-corrected chi connectivity index (χ1v) is 7.27. The van der Waals surface area contributed by atoms with Gasteiger partial charge in [0, 0.05) is 12.6 Å². The molecule has 98 valence electrons. The van der Waals surface area contributed by atoms with E-state index in [4.69, 9.17) is 0 Å². The largest absolute Gasteiger partial charge is 0.309 e. The van der Waals surface area contributed by atoms with E-state index in [2.05, 4.69) is 66.0 Å². The number of rotatable bonds is 2. The lowest BCUT2D eigenvalue weighted by Gasteiger charge is -2.18. The summed E-state index contributed by atoms with van der Waals surface area (Å²) in [4.78, 5) is 0. The van der Waals surface area contributed by atoms with Crippen LogP contribution in [0.3, 0.4) is 0 Å². The molecule has 2 atom stereocenters. The fourth-order valence-electron chi connectivity index (χ4n) is 3.04. The van der Waals surface area contributed by atoms with E-state index in [0.29, 0.717) is 12.0 Å². The third-order valence-electron chi connectivity index (χ3n) is 4.13. The summed E-state index contributed by atoms with van der Waals surface area (Å²) in [5.74, 6) is 0.662. The number of benzene rings is 2. The van der Waals surface area contributed by atoms with E-state index < -0.39 is 0 Å². The average Bonchev–Trinajstić information content (AvgIpc) is 2.75. The van der Waals surface area contributed by atoms with Crippen LogP contribution in [-0.2, 0) is 0 Å². The number of nitrogens with one attached hydrogen (secondary N) is 1. The van der Waals surface area contributed by atoms with Gasteiger partial charge in [0.25, 0.3) is 0 Å². The van der Waals surface area contributed by atoms with Crippen molar-refractivity contribution in [3.05, 3.63) is 71.8 Å². The van der Waals surface area contributed by atoms with Crippen LogP contribution in [0.4, 0.5) is 0 Å². The quantitative estimate of drug-likeness (QED) is 0.839. The van der Waals surface area contributed by atoms with Gasteiger partial charge in [0.15, 0.2) is 0 Å². The zero-order valence-electron chi connectivity index (χ0n) is 11.3. The molecule has 1 heteroatoms. The van der Waals surface area contributed by atoms with Gasteiger partial charge in [-0.2, -0.15) is 0 Å². The first-order chi connectivity index (χ1) is 9.43. The van der Waals surface area contributed by atoms with Crippen molar-refractivity contribution in [3.8, 4) is 0 Å². The molecule has 0 amide bonds. The summed E-state index contributed by atoms with van der Waals surface area (Å²) in [6, 6.07) is 22.3. The normalized spacial score (nSPS) is 23.8. The maximum atomic E-state index is 3.75. The molecular formula is C18H21N. The number of hydrogen-bond donors (Lipinski definition) is 1. The lowest BCUT2D eigenvalue weighted by Crippen LogP contribution is -2.23. The van der Waals surface area contributed by atoms with Gasteiger partial charge in [-0.25, -0.2) is 0 Å². The summed E-state index contributed by atoms with van der Waals surface area (Å²) in [6.45, 7) is 1.09. The number of hydrogen-bond acceptors (Lipinski definition) is 1. The molecule has 0 aliphatic carbocycles. The Hall–Kier alpha value is -1.60. The van der Waals surface area contributed by atoms with Crippen molar-refractivity contribution in [1.29, 1.82) is 0 Å². The van der Waals surface area contributed by atoms with Crippen molar-refractivity contribution in [3.63, 3.8) is 0 Å². The molecule has 1 nitrogen and oxygen atoms in total. The smallest absolute Gasteiger partial charge is 0.0320 e. The molecule has 0 bridgehead atoms. The second-order valence-electron chi connectivity index (χ2n) is 5.41. The van der Waals surface area contributed by atoms with Gasteiger partial charge < -0.3 is 5.32 Å². The SMILES string of the molecule is c1ccc([C@H]2CCC[C@H](c3ccccc3)NC2)cc1. The van der Waals surface area contributed by atoms with Gasteiger partial charge in [-0.3, -0.25) is 0 Å². The maximum Gasteiger partial charge on any atom is 0.0320 e. The molecular weight excluding hydrogens is 230 g/mol. The standard InChI is InChI=1S/C18H21N/c1-3-8-15(9-4-1)17-12-7-13-18(19-14-17)16-10-5-2-6-11-16/h1-6,8-11,17-19H,7,12-14H2/t17-,18+/m0/s1. The van der Waals surface area contributed by atoms with Gasteiger partial charge in [-0.1, -0.05) is 67.1 Å². The summed E-state index contributed by atoms with van der Waals surface area (Å²) in [5.41, 5.74) is 2.90. The predicted molar refractivity (Wildman–Crippen MR) is 80.2 cm³/mol. The Morgan fingerprint density at radius 2 is 1.37 bits per heavy atom. The Labute approximate surface area is 115 Å². The highest BCUT2D eigenvalue weighted by atomic mass is 14.9. The molecule has 0 spiro atoms. The molecule has 1 aliphatic rings. The fraction of sp³-hybridized carbons (Fsp3) is 0.333. The minimum atomic E-state index is 0.523. The Bertz CT molecular complexity index is 444. The summed E-state index contributed by atoms with van der Waals surface area (Å²) < 4.78 is 0. The van der Waals surface area contributed by atoms with Gasteiger partial charge in [0.05, 0.1) is 0 Å².